The van der Waals surface area contributed by atoms with Crippen molar-refractivity contribution in [3.8, 4) is 11.5 Å². The Hall–Kier alpha value is -1.22. The molecule has 0 aliphatic heterocycles. The third kappa shape index (κ3) is 4.92. The molecule has 1 fully saturated rings. The average Bonchev–Trinajstić information content (AvgIpc) is 2.39. The number of benzene rings is 1. The zero-order valence-corrected chi connectivity index (χ0v) is 13.7. The summed E-state index contributed by atoms with van der Waals surface area (Å²) in [6, 6.07) is 6.19. The molecule has 0 bridgehead atoms. The van der Waals surface area contributed by atoms with Crippen LogP contribution in [0.5, 0.6) is 11.5 Å². The molecule has 0 saturated heterocycles. The fraction of sp³-hybridized carbons (Fsp3) is 0.667. The maximum absolute atomic E-state index is 6.12. The molecule has 3 nitrogen and oxygen atoms in total. The van der Waals surface area contributed by atoms with Crippen LogP contribution in [0.1, 0.15) is 45.6 Å². The van der Waals surface area contributed by atoms with Gasteiger partial charge in [0, 0.05) is 12.1 Å². The molecule has 0 amide bonds. The fourth-order valence-electron chi connectivity index (χ4n) is 2.49. The lowest BCUT2D eigenvalue weighted by Crippen LogP contribution is -2.22. The Morgan fingerprint density at radius 2 is 2.05 bits per heavy atom. The Morgan fingerprint density at radius 1 is 1.24 bits per heavy atom. The maximum atomic E-state index is 6.12. The van der Waals surface area contributed by atoms with Gasteiger partial charge in [0.15, 0.2) is 11.5 Å². The standard InChI is InChI=1S/C18H29NO2/c1-4-20-17-10-6-9-16(12-19-11-14(2)3)18(17)21-13-15-7-5-8-15/h6,9-10,14-15,19H,4-5,7-8,11-13H2,1-3H3. The Kier molecular flexibility index (Phi) is 6.37. The van der Waals surface area contributed by atoms with Crippen LogP contribution in [0.25, 0.3) is 0 Å². The van der Waals surface area contributed by atoms with Gasteiger partial charge in [0.2, 0.25) is 0 Å². The van der Waals surface area contributed by atoms with Crippen LogP contribution in [0.2, 0.25) is 0 Å². The number of ether oxygens (including phenoxy) is 2. The van der Waals surface area contributed by atoms with Crippen LogP contribution in [0.3, 0.4) is 0 Å². The first-order valence-corrected chi connectivity index (χ1v) is 8.29. The molecule has 3 heteroatoms. The second-order valence-corrected chi connectivity index (χ2v) is 6.31. The van der Waals surface area contributed by atoms with Crippen molar-refractivity contribution >= 4 is 0 Å². The van der Waals surface area contributed by atoms with Crippen molar-refractivity contribution in [2.45, 2.75) is 46.6 Å². The summed E-state index contributed by atoms with van der Waals surface area (Å²) in [4.78, 5) is 0. The Morgan fingerprint density at radius 3 is 2.67 bits per heavy atom. The Labute approximate surface area is 129 Å². The van der Waals surface area contributed by atoms with Gasteiger partial charge in [0.05, 0.1) is 13.2 Å². The normalized spacial score (nSPS) is 15.0. The molecular weight excluding hydrogens is 262 g/mol. The third-order valence-electron chi connectivity index (χ3n) is 3.92. The minimum Gasteiger partial charge on any atom is -0.490 e. The number of rotatable bonds is 9. The van der Waals surface area contributed by atoms with E-state index < -0.39 is 0 Å². The molecule has 1 aromatic carbocycles. The Balaban J connectivity index is 2.02. The van der Waals surface area contributed by atoms with Crippen LogP contribution in [0, 0.1) is 11.8 Å². The summed E-state index contributed by atoms with van der Waals surface area (Å²) in [6.07, 6.45) is 3.96. The first-order chi connectivity index (χ1) is 10.2. The molecule has 2 rings (SSSR count). The highest BCUT2D eigenvalue weighted by Gasteiger charge is 2.20. The van der Waals surface area contributed by atoms with Crippen LogP contribution in [-0.2, 0) is 6.54 Å². The molecule has 0 atom stereocenters. The minimum atomic E-state index is 0.652. The Bertz CT molecular complexity index is 427. The van der Waals surface area contributed by atoms with Crippen LogP contribution >= 0.6 is 0 Å². The molecule has 1 saturated carbocycles. The molecule has 0 radical (unpaired) electrons. The number of nitrogens with one attached hydrogen (secondary N) is 1. The topological polar surface area (TPSA) is 30.5 Å². The smallest absolute Gasteiger partial charge is 0.165 e. The predicted molar refractivity (Wildman–Crippen MR) is 87.0 cm³/mol. The monoisotopic (exact) mass is 291 g/mol. The lowest BCUT2D eigenvalue weighted by Gasteiger charge is -2.26. The zero-order valence-electron chi connectivity index (χ0n) is 13.7. The van der Waals surface area contributed by atoms with E-state index in [0.717, 1.165) is 37.1 Å². The van der Waals surface area contributed by atoms with Crippen molar-refractivity contribution in [1.82, 2.24) is 5.32 Å². The molecule has 0 heterocycles. The average molecular weight is 291 g/mol. The van der Waals surface area contributed by atoms with Crippen molar-refractivity contribution < 1.29 is 9.47 Å². The lowest BCUT2D eigenvalue weighted by atomic mass is 9.86. The first kappa shape index (κ1) is 16.2. The van der Waals surface area contributed by atoms with E-state index in [1.165, 1.54) is 24.8 Å². The molecule has 118 valence electrons. The van der Waals surface area contributed by atoms with E-state index in [2.05, 4.69) is 25.2 Å². The van der Waals surface area contributed by atoms with Crippen LogP contribution < -0.4 is 14.8 Å². The van der Waals surface area contributed by atoms with E-state index in [1.807, 2.05) is 19.1 Å². The number of para-hydroxylation sites is 1. The van der Waals surface area contributed by atoms with Gasteiger partial charge in [-0.05, 0) is 44.2 Å². The van der Waals surface area contributed by atoms with E-state index in [1.54, 1.807) is 0 Å². The summed E-state index contributed by atoms with van der Waals surface area (Å²) >= 11 is 0. The zero-order chi connectivity index (χ0) is 15.1. The van der Waals surface area contributed by atoms with E-state index in [0.29, 0.717) is 12.5 Å². The predicted octanol–water partition coefficient (Wildman–Crippen LogP) is 4.01. The molecule has 1 N–H and O–H groups in total. The quantitative estimate of drug-likeness (QED) is 0.745. The molecule has 1 aliphatic carbocycles. The summed E-state index contributed by atoms with van der Waals surface area (Å²) < 4.78 is 11.9. The van der Waals surface area contributed by atoms with Gasteiger partial charge in [-0.1, -0.05) is 32.4 Å². The van der Waals surface area contributed by atoms with Crippen LogP contribution in [0.4, 0.5) is 0 Å². The summed E-state index contributed by atoms with van der Waals surface area (Å²) in [5.41, 5.74) is 1.20. The second-order valence-electron chi connectivity index (χ2n) is 6.31. The van der Waals surface area contributed by atoms with Gasteiger partial charge >= 0.3 is 0 Å². The van der Waals surface area contributed by atoms with Gasteiger partial charge < -0.3 is 14.8 Å². The van der Waals surface area contributed by atoms with Crippen LogP contribution in [-0.4, -0.2) is 19.8 Å². The van der Waals surface area contributed by atoms with Gasteiger partial charge in [0.1, 0.15) is 0 Å². The molecular formula is C18H29NO2. The third-order valence-corrected chi connectivity index (χ3v) is 3.92. The van der Waals surface area contributed by atoms with E-state index in [9.17, 15) is 0 Å². The van der Waals surface area contributed by atoms with Gasteiger partial charge in [0.25, 0.3) is 0 Å². The molecule has 1 aromatic rings. The number of hydrogen-bond acceptors (Lipinski definition) is 3. The van der Waals surface area contributed by atoms with Gasteiger partial charge in [-0.3, -0.25) is 0 Å². The molecule has 0 unspecified atom stereocenters. The summed E-state index contributed by atoms with van der Waals surface area (Å²) in [7, 11) is 0. The number of hydrogen-bond donors (Lipinski definition) is 1. The maximum Gasteiger partial charge on any atom is 0.165 e. The molecule has 0 spiro atoms. The van der Waals surface area contributed by atoms with Gasteiger partial charge in [-0.15, -0.1) is 0 Å². The van der Waals surface area contributed by atoms with E-state index in [-0.39, 0.29) is 0 Å². The van der Waals surface area contributed by atoms with Crippen LogP contribution in [0.15, 0.2) is 18.2 Å². The van der Waals surface area contributed by atoms with Crippen molar-refractivity contribution in [2.75, 3.05) is 19.8 Å². The highest BCUT2D eigenvalue weighted by atomic mass is 16.5. The largest absolute Gasteiger partial charge is 0.490 e. The summed E-state index contributed by atoms with van der Waals surface area (Å²) in [5.74, 6) is 3.19. The fourth-order valence-corrected chi connectivity index (χ4v) is 2.49. The molecule has 0 aromatic heterocycles. The SMILES string of the molecule is CCOc1cccc(CNCC(C)C)c1OCC1CCC1. The first-order valence-electron chi connectivity index (χ1n) is 8.29. The van der Waals surface area contributed by atoms with Crippen molar-refractivity contribution in [1.29, 1.82) is 0 Å². The molecule has 1 aliphatic rings. The summed E-state index contributed by atoms with van der Waals surface area (Å²) in [5, 5.41) is 3.49. The lowest BCUT2D eigenvalue weighted by molar-refractivity contribution is 0.172. The van der Waals surface area contributed by atoms with Crippen molar-refractivity contribution in [3.63, 3.8) is 0 Å². The highest BCUT2D eigenvalue weighted by molar-refractivity contribution is 5.46. The summed E-state index contributed by atoms with van der Waals surface area (Å²) in [6.45, 7) is 9.79. The van der Waals surface area contributed by atoms with Gasteiger partial charge in [-0.25, -0.2) is 0 Å². The minimum absolute atomic E-state index is 0.652. The second kappa shape index (κ2) is 8.28. The molecule has 21 heavy (non-hydrogen) atoms. The van der Waals surface area contributed by atoms with E-state index >= 15 is 0 Å². The van der Waals surface area contributed by atoms with Crippen molar-refractivity contribution in [3.05, 3.63) is 23.8 Å². The van der Waals surface area contributed by atoms with E-state index in [4.69, 9.17) is 9.47 Å². The highest BCUT2D eigenvalue weighted by Crippen LogP contribution is 2.34. The van der Waals surface area contributed by atoms with Crippen molar-refractivity contribution in [2.24, 2.45) is 11.8 Å². The van der Waals surface area contributed by atoms with Gasteiger partial charge in [-0.2, -0.15) is 0 Å².